The summed E-state index contributed by atoms with van der Waals surface area (Å²) in [7, 11) is 0. The molecule has 1 amide bonds. The lowest BCUT2D eigenvalue weighted by Crippen LogP contribution is -2.60. The molecule has 0 aromatic rings. The Morgan fingerprint density at radius 2 is 1.02 bits per heavy atom. The fourth-order valence-electron chi connectivity index (χ4n) is 7.73. The highest BCUT2D eigenvalue weighted by atomic mass is 16.7. The molecule has 0 aromatic heterocycles. The first-order chi connectivity index (χ1) is 28.7. The van der Waals surface area contributed by atoms with E-state index >= 15 is 0 Å². The number of rotatable bonds is 40. The van der Waals surface area contributed by atoms with Crippen LogP contribution < -0.4 is 5.32 Å². The zero-order chi connectivity index (χ0) is 43.4. The molecule has 0 spiro atoms. The van der Waals surface area contributed by atoms with E-state index < -0.39 is 74.2 Å². The number of aliphatic hydroxyl groups excluding tert-OH is 7. The molecule has 59 heavy (non-hydrogen) atoms. The van der Waals surface area contributed by atoms with Crippen LogP contribution in [0.4, 0.5) is 0 Å². The third kappa shape index (κ3) is 28.0. The molecule has 8 N–H and O–H groups in total. The van der Waals surface area contributed by atoms with Crippen molar-refractivity contribution in [1.82, 2.24) is 5.32 Å². The SMILES string of the molecule is CCCCC/C=C\C=C/CCCCCCCCCCCC(O)C(=O)NC(COC1OC(CO)C(O)C(O)C1O)C(O)C(O)CCCCCCCCCCCCCCCC. The Hall–Kier alpha value is -1.41. The molecule has 11 nitrogen and oxygen atoms in total. The molecule has 1 saturated heterocycles. The standard InChI is InChI=1S/C48H91NO10/c1-3-5-7-9-11-13-15-17-19-20-21-22-24-26-28-30-32-34-36-41(52)47(57)49-39(38-58-48-46(56)45(55)44(54)42(37-50)59-48)43(53)40(51)35-33-31-29-27-25-23-18-16-14-12-10-8-6-4-2/h11,13,15,17,39-46,48,50-56H,3-10,12,14,16,18-38H2,1-2H3,(H,49,57)/b13-11-,17-15-. The van der Waals surface area contributed by atoms with Gasteiger partial charge in [0.1, 0.15) is 36.6 Å². The van der Waals surface area contributed by atoms with Gasteiger partial charge in [-0.1, -0.05) is 192 Å². The van der Waals surface area contributed by atoms with E-state index in [1.165, 1.54) is 122 Å². The van der Waals surface area contributed by atoms with E-state index in [9.17, 15) is 40.5 Å². The Morgan fingerprint density at radius 1 is 0.593 bits per heavy atom. The van der Waals surface area contributed by atoms with Crippen molar-refractivity contribution in [2.45, 2.75) is 262 Å². The summed E-state index contributed by atoms with van der Waals surface area (Å²) in [5.74, 6) is -0.701. The minimum Gasteiger partial charge on any atom is -0.394 e. The molecule has 0 bridgehead atoms. The Balaban J connectivity index is 2.43. The zero-order valence-electron chi connectivity index (χ0n) is 37.5. The number of hydrogen-bond acceptors (Lipinski definition) is 10. The fraction of sp³-hybridized carbons (Fsp3) is 0.896. The molecule has 1 aliphatic heterocycles. The monoisotopic (exact) mass is 842 g/mol. The number of aliphatic hydroxyl groups is 7. The Bertz CT molecular complexity index is 1010. The van der Waals surface area contributed by atoms with Crippen LogP contribution in [-0.4, -0.2) is 110 Å². The van der Waals surface area contributed by atoms with Crippen molar-refractivity contribution in [1.29, 1.82) is 0 Å². The number of ether oxygens (including phenoxy) is 2. The van der Waals surface area contributed by atoms with Crippen LogP contribution in [0.25, 0.3) is 0 Å². The van der Waals surface area contributed by atoms with Gasteiger partial charge >= 0.3 is 0 Å². The van der Waals surface area contributed by atoms with Crippen molar-refractivity contribution < 1.29 is 50.0 Å². The van der Waals surface area contributed by atoms with Gasteiger partial charge in [0.25, 0.3) is 0 Å². The van der Waals surface area contributed by atoms with Crippen molar-refractivity contribution in [2.24, 2.45) is 0 Å². The first-order valence-corrected chi connectivity index (χ1v) is 24.3. The quantitative estimate of drug-likeness (QED) is 0.0221. The lowest BCUT2D eigenvalue weighted by molar-refractivity contribution is -0.303. The maximum atomic E-state index is 13.1. The predicted molar refractivity (Wildman–Crippen MR) is 238 cm³/mol. The molecular formula is C48H91NO10. The highest BCUT2D eigenvalue weighted by Gasteiger charge is 2.44. The second-order valence-corrected chi connectivity index (χ2v) is 17.2. The molecule has 1 heterocycles. The van der Waals surface area contributed by atoms with Gasteiger partial charge in [-0.3, -0.25) is 4.79 Å². The van der Waals surface area contributed by atoms with Crippen molar-refractivity contribution >= 4 is 5.91 Å². The van der Waals surface area contributed by atoms with Crippen molar-refractivity contribution in [3.05, 3.63) is 24.3 Å². The predicted octanol–water partition coefficient (Wildman–Crippen LogP) is 8.23. The first-order valence-electron chi connectivity index (χ1n) is 24.3. The molecule has 348 valence electrons. The highest BCUT2D eigenvalue weighted by molar-refractivity contribution is 5.80. The lowest BCUT2D eigenvalue weighted by atomic mass is 9.98. The second-order valence-electron chi connectivity index (χ2n) is 17.2. The maximum absolute atomic E-state index is 13.1. The smallest absolute Gasteiger partial charge is 0.249 e. The van der Waals surface area contributed by atoms with E-state index in [-0.39, 0.29) is 6.42 Å². The minimum absolute atomic E-state index is 0.255. The Labute approximate surface area is 359 Å². The van der Waals surface area contributed by atoms with Crippen LogP contribution in [0.5, 0.6) is 0 Å². The number of allylic oxidation sites excluding steroid dienone is 4. The molecule has 0 aliphatic carbocycles. The van der Waals surface area contributed by atoms with Crippen LogP contribution in [0, 0.1) is 0 Å². The number of hydrogen-bond donors (Lipinski definition) is 8. The van der Waals surface area contributed by atoms with Crippen LogP contribution in [-0.2, 0) is 14.3 Å². The lowest BCUT2D eigenvalue weighted by Gasteiger charge is -2.40. The molecule has 0 saturated carbocycles. The van der Waals surface area contributed by atoms with Crippen LogP contribution in [0.2, 0.25) is 0 Å². The number of nitrogens with one attached hydrogen (secondary N) is 1. The number of carbonyl (C=O) groups is 1. The van der Waals surface area contributed by atoms with E-state index in [4.69, 9.17) is 9.47 Å². The summed E-state index contributed by atoms with van der Waals surface area (Å²) in [6.45, 7) is 3.41. The molecule has 0 radical (unpaired) electrons. The summed E-state index contributed by atoms with van der Waals surface area (Å²) in [6, 6.07) is -1.17. The summed E-state index contributed by atoms with van der Waals surface area (Å²) in [4.78, 5) is 13.1. The first kappa shape index (κ1) is 55.6. The normalized spacial score (nSPS) is 21.9. The zero-order valence-corrected chi connectivity index (χ0v) is 37.5. The third-order valence-electron chi connectivity index (χ3n) is 11.8. The molecule has 1 aliphatic rings. The summed E-state index contributed by atoms with van der Waals surface area (Å²) in [5.41, 5.74) is 0. The molecule has 11 heteroatoms. The largest absolute Gasteiger partial charge is 0.394 e. The van der Waals surface area contributed by atoms with E-state index in [0.717, 1.165) is 44.9 Å². The van der Waals surface area contributed by atoms with Gasteiger partial charge < -0.3 is 50.5 Å². The number of amides is 1. The van der Waals surface area contributed by atoms with Gasteiger partial charge in [0, 0.05) is 0 Å². The van der Waals surface area contributed by atoms with Crippen LogP contribution in [0.15, 0.2) is 24.3 Å². The maximum Gasteiger partial charge on any atom is 0.249 e. The van der Waals surface area contributed by atoms with Gasteiger partial charge in [0.05, 0.1) is 25.4 Å². The average molecular weight is 842 g/mol. The minimum atomic E-state index is -1.66. The van der Waals surface area contributed by atoms with Gasteiger partial charge in [0.2, 0.25) is 5.91 Å². The van der Waals surface area contributed by atoms with Crippen molar-refractivity contribution in [2.75, 3.05) is 13.2 Å². The molecule has 9 unspecified atom stereocenters. The van der Waals surface area contributed by atoms with E-state index in [1.807, 2.05) is 0 Å². The van der Waals surface area contributed by atoms with Gasteiger partial charge in [-0.2, -0.15) is 0 Å². The molecule has 0 aromatic carbocycles. The van der Waals surface area contributed by atoms with Crippen LogP contribution >= 0.6 is 0 Å². The topological polar surface area (TPSA) is 189 Å². The van der Waals surface area contributed by atoms with Gasteiger partial charge in [-0.15, -0.1) is 0 Å². The molecular weight excluding hydrogens is 751 g/mol. The molecule has 1 rings (SSSR count). The Kier molecular flexibility index (Phi) is 36.1. The van der Waals surface area contributed by atoms with Crippen LogP contribution in [0.1, 0.15) is 206 Å². The highest BCUT2D eigenvalue weighted by Crippen LogP contribution is 2.23. The van der Waals surface area contributed by atoms with Crippen LogP contribution in [0.3, 0.4) is 0 Å². The van der Waals surface area contributed by atoms with Gasteiger partial charge in [-0.25, -0.2) is 0 Å². The molecule has 1 fully saturated rings. The summed E-state index contributed by atoms with van der Waals surface area (Å²) < 4.78 is 11.1. The fourth-order valence-corrected chi connectivity index (χ4v) is 7.73. The van der Waals surface area contributed by atoms with Gasteiger partial charge in [-0.05, 0) is 38.5 Å². The second kappa shape index (κ2) is 38.3. The van der Waals surface area contributed by atoms with E-state index in [0.29, 0.717) is 19.3 Å². The Morgan fingerprint density at radius 3 is 1.51 bits per heavy atom. The molecule has 9 atom stereocenters. The van der Waals surface area contributed by atoms with Gasteiger partial charge in [0.15, 0.2) is 6.29 Å². The number of carbonyl (C=O) groups excluding carboxylic acids is 1. The summed E-state index contributed by atoms with van der Waals surface area (Å²) in [5, 5.41) is 75.7. The number of unbranched alkanes of at least 4 members (excludes halogenated alkanes) is 25. The summed E-state index contributed by atoms with van der Waals surface area (Å²) >= 11 is 0. The van der Waals surface area contributed by atoms with E-state index in [2.05, 4.69) is 43.5 Å². The van der Waals surface area contributed by atoms with Crippen molar-refractivity contribution in [3.63, 3.8) is 0 Å². The van der Waals surface area contributed by atoms with Crippen molar-refractivity contribution in [3.8, 4) is 0 Å². The third-order valence-corrected chi connectivity index (χ3v) is 11.8. The van der Waals surface area contributed by atoms with E-state index in [1.54, 1.807) is 0 Å². The average Bonchev–Trinajstić information content (AvgIpc) is 3.23. The summed E-state index contributed by atoms with van der Waals surface area (Å²) in [6.07, 6.45) is 30.7.